The van der Waals surface area contributed by atoms with Gasteiger partial charge in [0.15, 0.2) is 0 Å². The van der Waals surface area contributed by atoms with Crippen LogP contribution in [0.1, 0.15) is 26.4 Å². The van der Waals surface area contributed by atoms with Crippen molar-refractivity contribution in [3.8, 4) is 5.75 Å². The molecule has 0 bridgehead atoms. The van der Waals surface area contributed by atoms with E-state index < -0.39 is 17.6 Å². The van der Waals surface area contributed by atoms with Gasteiger partial charge in [0.05, 0.1) is 0 Å². The maximum absolute atomic E-state index is 13.4. The van der Waals surface area contributed by atoms with E-state index in [-0.39, 0.29) is 17.9 Å². The lowest BCUT2D eigenvalue weighted by molar-refractivity contribution is 0.0993. The number of nitrogens with zero attached hydrogens (tertiary/aromatic N) is 1. The molecule has 154 valence electrons. The van der Waals surface area contributed by atoms with Gasteiger partial charge < -0.3 is 15.8 Å². The van der Waals surface area contributed by atoms with Gasteiger partial charge in [-0.25, -0.2) is 4.39 Å². The topological polar surface area (TPSA) is 94.3 Å². The number of carbonyl (C=O) groups excluding carboxylic acids is 2. The zero-order chi connectivity index (χ0) is 21.8. The van der Waals surface area contributed by atoms with Crippen molar-refractivity contribution in [2.45, 2.75) is 6.61 Å². The SMILES string of the molecule is NC(=O)c1cc(COc2ccc3c(NC(=O)c4cccc(F)c4)cccc3c2)ccn1. The summed E-state index contributed by atoms with van der Waals surface area (Å²) < 4.78 is 19.2. The van der Waals surface area contributed by atoms with Gasteiger partial charge in [-0.15, -0.1) is 0 Å². The van der Waals surface area contributed by atoms with Gasteiger partial charge in [0.25, 0.3) is 11.8 Å². The molecule has 3 N–H and O–H groups in total. The van der Waals surface area contributed by atoms with Crippen LogP contribution in [0.3, 0.4) is 0 Å². The number of hydrogen-bond acceptors (Lipinski definition) is 4. The van der Waals surface area contributed by atoms with E-state index in [4.69, 9.17) is 10.5 Å². The van der Waals surface area contributed by atoms with Gasteiger partial charge in [0.2, 0.25) is 0 Å². The molecule has 1 heterocycles. The Balaban J connectivity index is 1.52. The third-order valence-electron chi connectivity index (χ3n) is 4.67. The Hall–Kier alpha value is -4.26. The van der Waals surface area contributed by atoms with Crippen LogP contribution in [0.15, 0.2) is 79.0 Å². The molecule has 0 spiro atoms. The van der Waals surface area contributed by atoms with Crippen LogP contribution in [-0.2, 0) is 6.61 Å². The largest absolute Gasteiger partial charge is 0.489 e. The Labute approximate surface area is 177 Å². The predicted molar refractivity (Wildman–Crippen MR) is 115 cm³/mol. The molecule has 4 aromatic rings. The molecular weight excluding hydrogens is 397 g/mol. The highest BCUT2D eigenvalue weighted by Crippen LogP contribution is 2.28. The number of pyridine rings is 1. The molecule has 0 saturated heterocycles. The van der Waals surface area contributed by atoms with E-state index in [1.54, 1.807) is 30.3 Å². The van der Waals surface area contributed by atoms with Crippen LogP contribution in [0.2, 0.25) is 0 Å². The summed E-state index contributed by atoms with van der Waals surface area (Å²) in [5, 5.41) is 4.51. The first-order valence-corrected chi connectivity index (χ1v) is 9.47. The number of benzene rings is 3. The Kier molecular flexibility index (Phi) is 5.57. The number of nitrogens with one attached hydrogen (secondary N) is 1. The maximum atomic E-state index is 13.4. The van der Waals surface area contributed by atoms with Gasteiger partial charge in [0, 0.05) is 22.8 Å². The second-order valence-electron chi connectivity index (χ2n) is 6.86. The fourth-order valence-corrected chi connectivity index (χ4v) is 3.15. The van der Waals surface area contributed by atoms with Crippen molar-refractivity contribution in [1.82, 2.24) is 4.98 Å². The quantitative estimate of drug-likeness (QED) is 0.491. The van der Waals surface area contributed by atoms with Gasteiger partial charge in [-0.05, 0) is 65.5 Å². The molecule has 0 aliphatic carbocycles. The van der Waals surface area contributed by atoms with E-state index in [0.29, 0.717) is 11.4 Å². The highest BCUT2D eigenvalue weighted by Gasteiger charge is 2.10. The Morgan fingerprint density at radius 2 is 1.84 bits per heavy atom. The number of rotatable bonds is 6. The van der Waals surface area contributed by atoms with E-state index in [1.807, 2.05) is 24.3 Å². The molecule has 4 rings (SSSR count). The summed E-state index contributed by atoms with van der Waals surface area (Å²) in [7, 11) is 0. The number of hydrogen-bond donors (Lipinski definition) is 2. The van der Waals surface area contributed by atoms with Crippen molar-refractivity contribution in [2.24, 2.45) is 5.73 Å². The summed E-state index contributed by atoms with van der Waals surface area (Å²) in [5.41, 5.74) is 7.05. The smallest absolute Gasteiger partial charge is 0.267 e. The molecule has 0 aliphatic heterocycles. The molecule has 0 saturated carbocycles. The number of anilines is 1. The second-order valence-corrected chi connectivity index (χ2v) is 6.86. The number of aromatic nitrogens is 1. The van der Waals surface area contributed by atoms with Gasteiger partial charge in [0.1, 0.15) is 23.9 Å². The van der Waals surface area contributed by atoms with Crippen molar-refractivity contribution < 1.29 is 18.7 Å². The molecule has 0 fully saturated rings. The Bertz CT molecular complexity index is 1290. The summed E-state index contributed by atoms with van der Waals surface area (Å²) in [6.07, 6.45) is 1.51. The fraction of sp³-hybridized carbons (Fsp3) is 0.0417. The van der Waals surface area contributed by atoms with Gasteiger partial charge >= 0.3 is 0 Å². The minimum absolute atomic E-state index is 0.179. The lowest BCUT2D eigenvalue weighted by Crippen LogP contribution is -2.13. The Morgan fingerprint density at radius 1 is 1.00 bits per heavy atom. The minimum atomic E-state index is -0.597. The first-order valence-electron chi connectivity index (χ1n) is 9.47. The molecule has 1 aromatic heterocycles. The van der Waals surface area contributed by atoms with Crippen LogP contribution in [0.25, 0.3) is 10.8 Å². The molecule has 7 heteroatoms. The molecule has 31 heavy (non-hydrogen) atoms. The molecule has 0 unspecified atom stereocenters. The summed E-state index contributed by atoms with van der Waals surface area (Å²) >= 11 is 0. The van der Waals surface area contributed by atoms with Crippen LogP contribution in [-0.4, -0.2) is 16.8 Å². The minimum Gasteiger partial charge on any atom is -0.489 e. The van der Waals surface area contributed by atoms with Gasteiger partial charge in [-0.1, -0.05) is 18.2 Å². The van der Waals surface area contributed by atoms with Crippen molar-refractivity contribution in [1.29, 1.82) is 0 Å². The number of nitrogens with two attached hydrogens (primary N) is 1. The zero-order valence-corrected chi connectivity index (χ0v) is 16.3. The monoisotopic (exact) mass is 415 g/mol. The lowest BCUT2D eigenvalue weighted by atomic mass is 10.1. The molecule has 6 nitrogen and oxygen atoms in total. The van der Waals surface area contributed by atoms with E-state index in [9.17, 15) is 14.0 Å². The average molecular weight is 415 g/mol. The first-order chi connectivity index (χ1) is 15.0. The predicted octanol–water partition coefficient (Wildman–Crippen LogP) is 4.30. The number of carbonyl (C=O) groups is 2. The number of amides is 2. The van der Waals surface area contributed by atoms with Crippen molar-refractivity contribution in [2.75, 3.05) is 5.32 Å². The number of primary amides is 1. The Morgan fingerprint density at radius 3 is 2.65 bits per heavy atom. The summed E-state index contributed by atoms with van der Waals surface area (Å²) in [6, 6.07) is 19.8. The number of fused-ring (bicyclic) bond motifs is 1. The highest BCUT2D eigenvalue weighted by molar-refractivity contribution is 6.09. The van der Waals surface area contributed by atoms with Crippen molar-refractivity contribution in [3.05, 3.63) is 102 Å². The second kappa shape index (κ2) is 8.62. The van der Waals surface area contributed by atoms with Crippen LogP contribution < -0.4 is 15.8 Å². The van der Waals surface area contributed by atoms with Crippen molar-refractivity contribution in [3.63, 3.8) is 0 Å². The van der Waals surface area contributed by atoms with E-state index in [0.717, 1.165) is 16.3 Å². The third kappa shape index (κ3) is 4.67. The fourth-order valence-electron chi connectivity index (χ4n) is 3.15. The van der Waals surface area contributed by atoms with E-state index in [2.05, 4.69) is 10.3 Å². The standard InChI is InChI=1S/C24H18FN3O3/c25-18-5-1-4-17(12-18)24(30)28-21-6-2-3-16-13-19(7-8-20(16)21)31-14-15-9-10-27-22(11-15)23(26)29/h1-13H,14H2,(H2,26,29)(H,28,30). The zero-order valence-electron chi connectivity index (χ0n) is 16.3. The van der Waals surface area contributed by atoms with Crippen LogP contribution >= 0.6 is 0 Å². The number of halogens is 1. The van der Waals surface area contributed by atoms with Crippen LogP contribution in [0, 0.1) is 5.82 Å². The lowest BCUT2D eigenvalue weighted by Gasteiger charge is -2.11. The third-order valence-corrected chi connectivity index (χ3v) is 4.67. The normalized spacial score (nSPS) is 10.6. The number of ether oxygens (including phenoxy) is 1. The molecule has 0 atom stereocenters. The molecule has 3 aromatic carbocycles. The van der Waals surface area contributed by atoms with E-state index >= 15 is 0 Å². The maximum Gasteiger partial charge on any atom is 0.267 e. The molecule has 0 aliphatic rings. The summed E-state index contributed by atoms with van der Waals surface area (Å²) in [4.78, 5) is 27.6. The molecule has 2 amide bonds. The van der Waals surface area contributed by atoms with Gasteiger partial charge in [-0.2, -0.15) is 0 Å². The van der Waals surface area contributed by atoms with Crippen LogP contribution in [0.5, 0.6) is 5.75 Å². The molecular formula is C24H18FN3O3. The van der Waals surface area contributed by atoms with E-state index in [1.165, 1.54) is 24.4 Å². The summed E-state index contributed by atoms with van der Waals surface area (Å²) in [5.74, 6) is -0.835. The van der Waals surface area contributed by atoms with Crippen molar-refractivity contribution >= 4 is 28.3 Å². The average Bonchev–Trinajstić information content (AvgIpc) is 2.78. The first kappa shape index (κ1) is 20.0. The molecule has 0 radical (unpaired) electrons. The van der Waals surface area contributed by atoms with Gasteiger partial charge in [-0.3, -0.25) is 14.6 Å². The van der Waals surface area contributed by atoms with Crippen LogP contribution in [0.4, 0.5) is 10.1 Å². The highest BCUT2D eigenvalue weighted by atomic mass is 19.1. The summed E-state index contributed by atoms with van der Waals surface area (Å²) in [6.45, 7) is 0.240.